The number of aryl methyl sites for hydroxylation is 1. The van der Waals surface area contributed by atoms with Crippen LogP contribution in [0, 0.1) is 0 Å². The van der Waals surface area contributed by atoms with E-state index in [9.17, 15) is 0 Å². The molecule has 0 N–H and O–H groups in total. The van der Waals surface area contributed by atoms with Crippen molar-refractivity contribution in [3.63, 3.8) is 0 Å². The minimum atomic E-state index is 1.15. The zero-order chi connectivity index (χ0) is 14.5. The number of alkyl halides is 1. The van der Waals surface area contributed by atoms with Crippen molar-refractivity contribution in [2.24, 2.45) is 0 Å². The number of aromatic nitrogens is 1. The molecule has 1 nitrogen and oxygen atoms in total. The fourth-order valence-corrected chi connectivity index (χ4v) is 3.50. The summed E-state index contributed by atoms with van der Waals surface area (Å²) < 4.78 is 1.28. The molecule has 0 atom stereocenters. The molecular weight excluding hydrogens is 369 g/mol. The molecule has 0 amide bonds. The van der Waals surface area contributed by atoms with Crippen molar-refractivity contribution in [2.45, 2.75) is 32.1 Å². The fourth-order valence-electron chi connectivity index (χ4n) is 2.96. The summed E-state index contributed by atoms with van der Waals surface area (Å²) >= 11 is 2.46. The summed E-state index contributed by atoms with van der Waals surface area (Å²) in [6.45, 7) is 0. The monoisotopic (exact) mass is 389 g/mol. The molecule has 0 unspecified atom stereocenters. The molecule has 3 aromatic rings. The number of rotatable bonds is 6. The smallest absolute Gasteiger partial charge is 0.0783 e. The number of benzene rings is 2. The predicted octanol–water partition coefficient (Wildman–Crippen LogP) is 5.93. The topological polar surface area (TPSA) is 12.9 Å². The maximum atomic E-state index is 4.63. The van der Waals surface area contributed by atoms with E-state index in [-0.39, 0.29) is 0 Å². The standard InChI is InChI=1S/C19H20IN/c20-13-4-2-1-3-7-15-8-5-9-16-11-12-17-10-6-14-21-19(17)18(15)16/h5-6,8-12,14H,1-4,7,13H2. The lowest BCUT2D eigenvalue weighted by molar-refractivity contribution is 0.674. The second kappa shape index (κ2) is 7.21. The fraction of sp³-hybridized carbons (Fsp3) is 0.316. The van der Waals surface area contributed by atoms with Crippen molar-refractivity contribution in [1.29, 1.82) is 0 Å². The van der Waals surface area contributed by atoms with Crippen LogP contribution in [0.15, 0.2) is 48.7 Å². The van der Waals surface area contributed by atoms with Gasteiger partial charge in [-0.1, -0.05) is 71.8 Å². The van der Waals surface area contributed by atoms with Crippen molar-refractivity contribution < 1.29 is 0 Å². The van der Waals surface area contributed by atoms with E-state index >= 15 is 0 Å². The van der Waals surface area contributed by atoms with Gasteiger partial charge >= 0.3 is 0 Å². The van der Waals surface area contributed by atoms with Crippen LogP contribution < -0.4 is 0 Å². The van der Waals surface area contributed by atoms with Crippen molar-refractivity contribution in [1.82, 2.24) is 4.98 Å². The largest absolute Gasteiger partial charge is 0.256 e. The van der Waals surface area contributed by atoms with Gasteiger partial charge in [0.1, 0.15) is 0 Å². The first-order valence-corrected chi connectivity index (χ1v) is 9.24. The summed E-state index contributed by atoms with van der Waals surface area (Å²) in [6.07, 6.45) is 8.37. The summed E-state index contributed by atoms with van der Waals surface area (Å²) in [5.74, 6) is 0. The van der Waals surface area contributed by atoms with E-state index in [0.29, 0.717) is 0 Å². The van der Waals surface area contributed by atoms with Crippen molar-refractivity contribution >= 4 is 44.3 Å². The Labute approximate surface area is 139 Å². The summed E-state index contributed by atoms with van der Waals surface area (Å²) in [5, 5.41) is 3.90. The van der Waals surface area contributed by atoms with Crippen LogP contribution in [0.25, 0.3) is 21.7 Å². The third-order valence-corrected chi connectivity index (χ3v) is 4.79. The number of unbranched alkanes of at least 4 members (excludes halogenated alkanes) is 3. The lowest BCUT2D eigenvalue weighted by atomic mass is 9.97. The van der Waals surface area contributed by atoms with Gasteiger partial charge in [-0.2, -0.15) is 0 Å². The third-order valence-electron chi connectivity index (χ3n) is 4.03. The van der Waals surface area contributed by atoms with Crippen LogP contribution in [0.2, 0.25) is 0 Å². The van der Waals surface area contributed by atoms with Crippen LogP contribution in [0.1, 0.15) is 31.2 Å². The van der Waals surface area contributed by atoms with Crippen LogP contribution in [0.4, 0.5) is 0 Å². The van der Waals surface area contributed by atoms with Crippen molar-refractivity contribution in [2.75, 3.05) is 4.43 Å². The predicted molar refractivity (Wildman–Crippen MR) is 100 cm³/mol. The molecule has 1 heterocycles. The zero-order valence-electron chi connectivity index (χ0n) is 12.2. The average Bonchev–Trinajstić information content (AvgIpc) is 2.54. The van der Waals surface area contributed by atoms with Gasteiger partial charge in [-0.25, -0.2) is 0 Å². The van der Waals surface area contributed by atoms with Gasteiger partial charge in [-0.05, 0) is 40.7 Å². The SMILES string of the molecule is ICCCCCCc1cccc2ccc3cccnc3c12. The van der Waals surface area contributed by atoms with E-state index in [1.807, 2.05) is 12.3 Å². The number of nitrogens with zero attached hydrogens (tertiary/aromatic N) is 1. The maximum absolute atomic E-state index is 4.63. The first kappa shape index (κ1) is 14.8. The van der Waals surface area contributed by atoms with E-state index in [1.165, 1.54) is 51.8 Å². The van der Waals surface area contributed by atoms with Gasteiger partial charge in [0.05, 0.1) is 5.52 Å². The molecule has 21 heavy (non-hydrogen) atoms. The van der Waals surface area contributed by atoms with Gasteiger partial charge in [0, 0.05) is 17.0 Å². The lowest BCUT2D eigenvalue weighted by Gasteiger charge is -2.09. The van der Waals surface area contributed by atoms with Crippen LogP contribution in [-0.2, 0) is 6.42 Å². The molecule has 2 aromatic carbocycles. The molecule has 0 radical (unpaired) electrons. The Morgan fingerprint density at radius 3 is 2.52 bits per heavy atom. The Morgan fingerprint density at radius 1 is 0.810 bits per heavy atom. The van der Waals surface area contributed by atoms with Gasteiger partial charge in [0.15, 0.2) is 0 Å². The molecular formula is C19H20IN. The molecule has 108 valence electrons. The molecule has 1 aromatic heterocycles. The molecule has 0 fully saturated rings. The molecule has 0 aliphatic rings. The normalized spacial score (nSPS) is 11.3. The highest BCUT2D eigenvalue weighted by Crippen LogP contribution is 2.27. The summed E-state index contributed by atoms with van der Waals surface area (Å²) in [6, 6.07) is 15.2. The zero-order valence-corrected chi connectivity index (χ0v) is 14.3. The minimum Gasteiger partial charge on any atom is -0.256 e. The highest BCUT2D eigenvalue weighted by molar-refractivity contribution is 14.1. The molecule has 0 bridgehead atoms. The van der Waals surface area contributed by atoms with Crippen molar-refractivity contribution in [3.05, 3.63) is 54.2 Å². The van der Waals surface area contributed by atoms with Gasteiger partial charge in [-0.15, -0.1) is 0 Å². The van der Waals surface area contributed by atoms with Crippen LogP contribution in [0.5, 0.6) is 0 Å². The highest BCUT2D eigenvalue weighted by Gasteiger charge is 2.06. The Kier molecular flexibility index (Phi) is 5.07. The summed E-state index contributed by atoms with van der Waals surface area (Å²) in [7, 11) is 0. The van der Waals surface area contributed by atoms with Crippen LogP contribution in [-0.4, -0.2) is 9.41 Å². The minimum absolute atomic E-state index is 1.15. The van der Waals surface area contributed by atoms with E-state index in [1.54, 1.807) is 0 Å². The van der Waals surface area contributed by atoms with E-state index in [2.05, 4.69) is 64.0 Å². The van der Waals surface area contributed by atoms with Crippen LogP contribution in [0.3, 0.4) is 0 Å². The van der Waals surface area contributed by atoms with Crippen molar-refractivity contribution in [3.8, 4) is 0 Å². The Hall–Kier alpha value is -1.16. The summed E-state index contributed by atoms with van der Waals surface area (Å²) in [5.41, 5.74) is 2.60. The Morgan fingerprint density at radius 2 is 1.62 bits per heavy atom. The molecule has 3 rings (SSSR count). The molecule has 2 heteroatoms. The maximum Gasteiger partial charge on any atom is 0.0783 e. The molecule has 0 spiro atoms. The molecule has 0 saturated carbocycles. The van der Waals surface area contributed by atoms with E-state index < -0.39 is 0 Å². The first-order valence-electron chi connectivity index (χ1n) is 7.71. The number of fused-ring (bicyclic) bond motifs is 3. The van der Waals surface area contributed by atoms with Gasteiger partial charge < -0.3 is 0 Å². The molecule has 0 saturated heterocycles. The van der Waals surface area contributed by atoms with Gasteiger partial charge in [0.25, 0.3) is 0 Å². The van der Waals surface area contributed by atoms with Crippen LogP contribution >= 0.6 is 22.6 Å². The summed E-state index contributed by atoms with van der Waals surface area (Å²) in [4.78, 5) is 4.63. The Bertz CT molecular complexity index is 736. The Balaban J connectivity index is 1.92. The van der Waals surface area contributed by atoms with Gasteiger partial charge in [0.2, 0.25) is 0 Å². The van der Waals surface area contributed by atoms with E-state index in [4.69, 9.17) is 0 Å². The lowest BCUT2D eigenvalue weighted by Crippen LogP contribution is -1.91. The average molecular weight is 389 g/mol. The number of pyridine rings is 1. The highest BCUT2D eigenvalue weighted by atomic mass is 127. The van der Waals surface area contributed by atoms with E-state index in [0.717, 1.165) is 11.9 Å². The number of hydrogen-bond acceptors (Lipinski definition) is 1. The second-order valence-electron chi connectivity index (χ2n) is 5.51. The second-order valence-corrected chi connectivity index (χ2v) is 6.59. The quantitative estimate of drug-likeness (QED) is 0.221. The molecule has 0 aliphatic carbocycles. The number of halogens is 1. The van der Waals surface area contributed by atoms with Gasteiger partial charge in [-0.3, -0.25) is 4.98 Å². The third kappa shape index (κ3) is 3.37. The molecule has 0 aliphatic heterocycles. The number of hydrogen-bond donors (Lipinski definition) is 0. The first-order chi connectivity index (χ1) is 10.4.